The third kappa shape index (κ3) is 3.16. The minimum Gasteiger partial charge on any atom is -0.469 e. The van der Waals surface area contributed by atoms with Gasteiger partial charge in [-0.1, -0.05) is 20.8 Å². The number of aliphatic hydroxyl groups is 2. The van der Waals surface area contributed by atoms with Crippen LogP contribution in [0, 0.1) is 22.7 Å². The molecular formula is C25H34O9. The van der Waals surface area contributed by atoms with Gasteiger partial charge in [0.1, 0.15) is 17.5 Å². The molecule has 9 nitrogen and oxygen atoms in total. The van der Waals surface area contributed by atoms with Gasteiger partial charge in [0.2, 0.25) is 0 Å². The standard InChI is InChI=1S/C25H34O9/c1-12(26)33-17-7-9-23(3,4)25(30)21(34-13(2)27)20(28)19-15(24(17,25)5)11-16-14(8-10-32-16)18(19)22(29)31-6/h8,10,15,17-21,28,30H,7,9,11H2,1-6H3/t15-,17-,18+,19+,20+,21-,24-,25+/m1/s1. The molecule has 0 aromatic carbocycles. The molecule has 8 atom stereocenters. The molecule has 4 rings (SSSR count). The van der Waals surface area contributed by atoms with Crippen molar-refractivity contribution in [3.8, 4) is 0 Å². The van der Waals surface area contributed by atoms with E-state index in [4.69, 9.17) is 18.6 Å². The molecule has 0 spiro atoms. The number of carbonyl (C=O) groups excluding carboxylic acids is 3. The van der Waals surface area contributed by atoms with E-state index in [9.17, 15) is 24.6 Å². The molecule has 0 saturated heterocycles. The zero-order valence-corrected chi connectivity index (χ0v) is 20.5. The van der Waals surface area contributed by atoms with Gasteiger partial charge < -0.3 is 28.8 Å². The predicted molar refractivity (Wildman–Crippen MR) is 117 cm³/mol. The monoisotopic (exact) mass is 478 g/mol. The third-order valence-corrected chi connectivity index (χ3v) is 8.87. The summed E-state index contributed by atoms with van der Waals surface area (Å²) in [6, 6.07) is 1.68. The van der Waals surface area contributed by atoms with Crippen LogP contribution in [0.25, 0.3) is 0 Å². The van der Waals surface area contributed by atoms with Crippen molar-refractivity contribution in [1.29, 1.82) is 0 Å². The summed E-state index contributed by atoms with van der Waals surface area (Å²) in [6.45, 7) is 8.05. The average molecular weight is 479 g/mol. The number of hydrogen-bond donors (Lipinski definition) is 2. The molecule has 0 radical (unpaired) electrons. The van der Waals surface area contributed by atoms with Crippen LogP contribution < -0.4 is 0 Å². The first-order valence-electron chi connectivity index (χ1n) is 11.7. The van der Waals surface area contributed by atoms with Gasteiger partial charge in [0.25, 0.3) is 0 Å². The second kappa shape index (κ2) is 8.09. The highest BCUT2D eigenvalue weighted by Crippen LogP contribution is 2.68. The maximum absolute atomic E-state index is 13.1. The van der Waals surface area contributed by atoms with Crippen molar-refractivity contribution in [3.05, 3.63) is 23.7 Å². The molecule has 34 heavy (non-hydrogen) atoms. The van der Waals surface area contributed by atoms with Crippen molar-refractivity contribution >= 4 is 17.9 Å². The number of hydrogen-bond acceptors (Lipinski definition) is 9. The van der Waals surface area contributed by atoms with Crippen LogP contribution >= 0.6 is 0 Å². The van der Waals surface area contributed by atoms with Crippen molar-refractivity contribution < 1.29 is 43.2 Å². The Morgan fingerprint density at radius 1 is 1.12 bits per heavy atom. The first-order chi connectivity index (χ1) is 15.8. The lowest BCUT2D eigenvalue weighted by atomic mass is 9.39. The predicted octanol–water partition coefficient (Wildman–Crippen LogP) is 2.12. The number of ether oxygens (including phenoxy) is 3. The first kappa shape index (κ1) is 24.7. The van der Waals surface area contributed by atoms with Gasteiger partial charge in [-0.2, -0.15) is 0 Å². The zero-order chi connectivity index (χ0) is 25.2. The van der Waals surface area contributed by atoms with Gasteiger partial charge in [-0.25, -0.2) is 0 Å². The van der Waals surface area contributed by atoms with E-state index in [1.165, 1.54) is 27.2 Å². The van der Waals surface area contributed by atoms with Gasteiger partial charge in [-0.15, -0.1) is 0 Å². The Morgan fingerprint density at radius 2 is 1.76 bits per heavy atom. The van der Waals surface area contributed by atoms with Gasteiger partial charge in [-0.3, -0.25) is 14.4 Å². The summed E-state index contributed by atoms with van der Waals surface area (Å²) in [5.74, 6) is -3.41. The molecule has 1 aromatic heterocycles. The molecule has 2 fully saturated rings. The topological polar surface area (TPSA) is 132 Å². The summed E-state index contributed by atoms with van der Waals surface area (Å²) < 4.78 is 22.3. The van der Waals surface area contributed by atoms with Gasteiger partial charge in [-0.05, 0) is 30.2 Å². The molecule has 0 amide bonds. The highest BCUT2D eigenvalue weighted by Gasteiger charge is 2.77. The van der Waals surface area contributed by atoms with E-state index < -0.39 is 70.4 Å². The lowest BCUT2D eigenvalue weighted by molar-refractivity contribution is -0.338. The summed E-state index contributed by atoms with van der Waals surface area (Å²) in [5, 5.41) is 24.3. The fourth-order valence-corrected chi connectivity index (χ4v) is 7.36. The van der Waals surface area contributed by atoms with Gasteiger partial charge in [0, 0.05) is 37.2 Å². The molecule has 2 N–H and O–H groups in total. The second-order valence-electron chi connectivity index (χ2n) is 10.8. The fraction of sp³-hybridized carbons (Fsp3) is 0.720. The maximum Gasteiger partial charge on any atom is 0.313 e. The molecule has 3 aliphatic carbocycles. The van der Waals surface area contributed by atoms with Crippen molar-refractivity contribution in [2.24, 2.45) is 22.7 Å². The number of furan rings is 1. The molecule has 2 saturated carbocycles. The summed E-state index contributed by atoms with van der Waals surface area (Å²) in [4.78, 5) is 37.4. The first-order valence-corrected chi connectivity index (χ1v) is 11.7. The molecular weight excluding hydrogens is 444 g/mol. The molecule has 0 bridgehead atoms. The number of rotatable bonds is 3. The van der Waals surface area contributed by atoms with Gasteiger partial charge >= 0.3 is 17.9 Å². The minimum absolute atomic E-state index is 0.303. The SMILES string of the molecule is COC(=O)[C@H]1c2ccoc2C[C@@H]2[C@@H]1[C@H](O)[C@@H](OC(C)=O)[C@]1(O)C(C)(C)CC[C@@H](OC(C)=O)[C@@]21C. The van der Waals surface area contributed by atoms with E-state index in [2.05, 4.69) is 0 Å². The fourth-order valence-electron chi connectivity index (χ4n) is 7.36. The molecule has 0 aliphatic heterocycles. The number of carbonyl (C=O) groups is 3. The van der Waals surface area contributed by atoms with Crippen molar-refractivity contribution in [2.75, 3.05) is 7.11 Å². The molecule has 3 aliphatic rings. The highest BCUT2D eigenvalue weighted by atomic mass is 16.6. The normalized spacial score (nSPS) is 40.2. The zero-order valence-electron chi connectivity index (χ0n) is 20.5. The average Bonchev–Trinajstić information content (AvgIpc) is 3.23. The van der Waals surface area contributed by atoms with Gasteiger partial charge in [0.15, 0.2) is 6.10 Å². The Labute approximate surface area is 198 Å². The largest absolute Gasteiger partial charge is 0.469 e. The quantitative estimate of drug-likeness (QED) is 0.495. The molecule has 9 heteroatoms. The number of aliphatic hydroxyl groups excluding tert-OH is 1. The van der Waals surface area contributed by atoms with Crippen LogP contribution in [0.2, 0.25) is 0 Å². The van der Waals surface area contributed by atoms with Crippen LogP contribution in [0.4, 0.5) is 0 Å². The lowest BCUT2D eigenvalue weighted by Gasteiger charge is -2.69. The Hall–Kier alpha value is -2.39. The van der Waals surface area contributed by atoms with E-state index in [0.29, 0.717) is 30.6 Å². The minimum atomic E-state index is -1.78. The van der Waals surface area contributed by atoms with Crippen molar-refractivity contribution in [3.63, 3.8) is 0 Å². The van der Waals surface area contributed by atoms with E-state index >= 15 is 0 Å². The Kier molecular flexibility index (Phi) is 5.88. The Bertz CT molecular complexity index is 996. The summed E-state index contributed by atoms with van der Waals surface area (Å²) in [7, 11) is 1.27. The van der Waals surface area contributed by atoms with E-state index in [-0.39, 0.29) is 0 Å². The molecule has 1 heterocycles. The van der Waals surface area contributed by atoms with Crippen LogP contribution in [-0.2, 0) is 35.0 Å². The van der Waals surface area contributed by atoms with E-state index in [0.717, 1.165) is 0 Å². The van der Waals surface area contributed by atoms with Crippen LogP contribution in [0.3, 0.4) is 0 Å². The Morgan fingerprint density at radius 3 is 2.35 bits per heavy atom. The van der Waals surface area contributed by atoms with Crippen LogP contribution in [0.5, 0.6) is 0 Å². The van der Waals surface area contributed by atoms with Crippen LogP contribution in [0.1, 0.15) is 64.7 Å². The lowest BCUT2D eigenvalue weighted by Crippen LogP contribution is -2.80. The van der Waals surface area contributed by atoms with Crippen LogP contribution in [-0.4, -0.2) is 59.1 Å². The van der Waals surface area contributed by atoms with E-state index in [1.807, 2.05) is 20.8 Å². The molecule has 188 valence electrons. The highest BCUT2D eigenvalue weighted by molar-refractivity contribution is 5.79. The number of esters is 3. The second-order valence-corrected chi connectivity index (χ2v) is 10.8. The number of methoxy groups -OCH3 is 1. The van der Waals surface area contributed by atoms with Crippen molar-refractivity contribution in [1.82, 2.24) is 0 Å². The van der Waals surface area contributed by atoms with Gasteiger partial charge in [0.05, 0.1) is 25.4 Å². The summed E-state index contributed by atoms with van der Waals surface area (Å²) in [5.41, 5.74) is -3.20. The van der Waals surface area contributed by atoms with E-state index in [1.54, 1.807) is 6.07 Å². The van der Waals surface area contributed by atoms with Crippen molar-refractivity contribution in [2.45, 2.75) is 83.7 Å². The summed E-state index contributed by atoms with van der Waals surface area (Å²) in [6.07, 6.45) is -0.764. The van der Waals surface area contributed by atoms with Crippen LogP contribution in [0.15, 0.2) is 16.7 Å². The Balaban J connectivity index is 2.00. The smallest absolute Gasteiger partial charge is 0.313 e. The molecule has 0 unspecified atom stereocenters. The maximum atomic E-state index is 13.1. The molecule has 1 aromatic rings. The number of fused-ring (bicyclic) bond motifs is 4. The third-order valence-electron chi connectivity index (χ3n) is 8.87. The summed E-state index contributed by atoms with van der Waals surface area (Å²) >= 11 is 0.